The summed E-state index contributed by atoms with van der Waals surface area (Å²) in [6, 6.07) is 9.48. The Morgan fingerprint density at radius 2 is 2.00 bits per heavy atom. The van der Waals surface area contributed by atoms with Crippen molar-refractivity contribution in [1.82, 2.24) is 10.3 Å². The van der Waals surface area contributed by atoms with E-state index in [2.05, 4.69) is 34.4 Å². The standard InChI is InChI=1S/C18H22ClN5O/c1-11-9-24(10-12(2)22-11)17-6-3-13(8-21-17)18(25)23-14-4-5-15(19)16(20)7-14/h3-8,11-12,22H,9-10,20H2,1-2H3,(H,23,25)/t11-,12+. The summed E-state index contributed by atoms with van der Waals surface area (Å²) in [7, 11) is 0. The molecule has 0 saturated carbocycles. The zero-order valence-corrected chi connectivity index (χ0v) is 15.0. The maximum absolute atomic E-state index is 12.4. The lowest BCUT2D eigenvalue weighted by molar-refractivity contribution is 0.102. The Kier molecular flexibility index (Phi) is 5.11. The molecule has 132 valence electrons. The minimum atomic E-state index is -0.234. The first-order chi connectivity index (χ1) is 11.9. The third-order valence-electron chi connectivity index (χ3n) is 4.15. The van der Waals surface area contributed by atoms with Crippen molar-refractivity contribution in [2.45, 2.75) is 25.9 Å². The summed E-state index contributed by atoms with van der Waals surface area (Å²) in [6.07, 6.45) is 1.60. The van der Waals surface area contributed by atoms with E-state index in [1.165, 1.54) is 0 Å². The SMILES string of the molecule is C[C@@H]1CN(c2ccc(C(=O)Nc3ccc(Cl)c(N)c3)cn2)C[C@H](C)N1. The van der Waals surface area contributed by atoms with Gasteiger partial charge >= 0.3 is 0 Å². The lowest BCUT2D eigenvalue weighted by Crippen LogP contribution is -2.54. The number of carbonyl (C=O) groups is 1. The van der Waals surface area contributed by atoms with Gasteiger partial charge in [0.2, 0.25) is 0 Å². The number of benzene rings is 1. The third-order valence-corrected chi connectivity index (χ3v) is 4.49. The summed E-state index contributed by atoms with van der Waals surface area (Å²) < 4.78 is 0. The number of halogens is 1. The largest absolute Gasteiger partial charge is 0.397 e. The van der Waals surface area contributed by atoms with Crippen LogP contribution >= 0.6 is 11.6 Å². The molecule has 4 N–H and O–H groups in total. The molecule has 6 nitrogen and oxygen atoms in total. The molecule has 1 aromatic carbocycles. The Balaban J connectivity index is 1.69. The minimum absolute atomic E-state index is 0.234. The van der Waals surface area contributed by atoms with Gasteiger partial charge in [0.1, 0.15) is 5.82 Å². The van der Waals surface area contributed by atoms with Crippen molar-refractivity contribution in [1.29, 1.82) is 0 Å². The summed E-state index contributed by atoms with van der Waals surface area (Å²) in [4.78, 5) is 19.0. The van der Waals surface area contributed by atoms with E-state index in [0.29, 0.717) is 34.0 Å². The second-order valence-electron chi connectivity index (χ2n) is 6.47. The van der Waals surface area contributed by atoms with Crippen LogP contribution in [0.4, 0.5) is 17.2 Å². The molecular weight excluding hydrogens is 338 g/mol. The van der Waals surface area contributed by atoms with Gasteiger partial charge in [0.15, 0.2) is 0 Å². The van der Waals surface area contributed by atoms with Crippen LogP contribution in [0.15, 0.2) is 36.5 Å². The van der Waals surface area contributed by atoms with Gasteiger partial charge in [0.05, 0.1) is 16.3 Å². The number of pyridine rings is 1. The average molecular weight is 360 g/mol. The van der Waals surface area contributed by atoms with Gasteiger partial charge < -0.3 is 21.3 Å². The predicted molar refractivity (Wildman–Crippen MR) is 102 cm³/mol. The van der Waals surface area contributed by atoms with Crippen molar-refractivity contribution < 1.29 is 4.79 Å². The number of nitrogens with two attached hydrogens (primary N) is 1. The lowest BCUT2D eigenvalue weighted by Gasteiger charge is -2.36. The zero-order valence-electron chi connectivity index (χ0n) is 14.3. The average Bonchev–Trinajstić information content (AvgIpc) is 2.57. The highest BCUT2D eigenvalue weighted by molar-refractivity contribution is 6.33. The molecule has 1 fully saturated rings. The van der Waals surface area contributed by atoms with Crippen LogP contribution in [0.1, 0.15) is 24.2 Å². The fourth-order valence-electron chi connectivity index (χ4n) is 3.05. The Labute approximate surface area is 152 Å². The van der Waals surface area contributed by atoms with Crippen LogP contribution in [0.5, 0.6) is 0 Å². The number of amides is 1. The molecule has 1 aromatic heterocycles. The molecular formula is C18H22ClN5O. The normalized spacial score (nSPS) is 20.4. The minimum Gasteiger partial charge on any atom is -0.397 e. The van der Waals surface area contributed by atoms with E-state index in [-0.39, 0.29) is 5.91 Å². The zero-order chi connectivity index (χ0) is 18.0. The lowest BCUT2D eigenvalue weighted by atomic mass is 10.1. The first-order valence-corrected chi connectivity index (χ1v) is 8.63. The number of aromatic nitrogens is 1. The molecule has 3 rings (SSSR count). The van der Waals surface area contributed by atoms with Gasteiger partial charge in [-0.3, -0.25) is 4.79 Å². The Morgan fingerprint density at radius 1 is 1.28 bits per heavy atom. The molecule has 1 saturated heterocycles. The Morgan fingerprint density at radius 3 is 2.60 bits per heavy atom. The Bertz CT molecular complexity index is 755. The van der Waals surface area contributed by atoms with Gasteiger partial charge in [-0.25, -0.2) is 4.98 Å². The fourth-order valence-corrected chi connectivity index (χ4v) is 3.16. The highest BCUT2D eigenvalue weighted by Gasteiger charge is 2.22. The molecule has 1 amide bonds. The molecule has 0 bridgehead atoms. The number of rotatable bonds is 3. The van der Waals surface area contributed by atoms with Crippen LogP contribution < -0.4 is 21.3 Å². The third kappa shape index (κ3) is 4.21. The van der Waals surface area contributed by atoms with Gasteiger partial charge in [-0.1, -0.05) is 11.6 Å². The van der Waals surface area contributed by atoms with Crippen molar-refractivity contribution in [3.63, 3.8) is 0 Å². The van der Waals surface area contributed by atoms with Gasteiger partial charge in [0.25, 0.3) is 5.91 Å². The van der Waals surface area contributed by atoms with E-state index in [1.54, 1.807) is 30.5 Å². The highest BCUT2D eigenvalue weighted by Crippen LogP contribution is 2.23. The first kappa shape index (κ1) is 17.5. The summed E-state index contributed by atoms with van der Waals surface area (Å²) >= 11 is 5.89. The maximum Gasteiger partial charge on any atom is 0.257 e. The van der Waals surface area contributed by atoms with E-state index in [9.17, 15) is 4.79 Å². The first-order valence-electron chi connectivity index (χ1n) is 8.26. The molecule has 2 heterocycles. The van der Waals surface area contributed by atoms with E-state index >= 15 is 0 Å². The maximum atomic E-state index is 12.4. The van der Waals surface area contributed by atoms with E-state index in [1.807, 2.05) is 6.07 Å². The molecule has 7 heteroatoms. The summed E-state index contributed by atoms with van der Waals surface area (Å²) in [5, 5.41) is 6.75. The van der Waals surface area contributed by atoms with E-state index in [4.69, 9.17) is 17.3 Å². The molecule has 25 heavy (non-hydrogen) atoms. The van der Waals surface area contributed by atoms with Gasteiger partial charge in [-0.05, 0) is 44.2 Å². The van der Waals surface area contributed by atoms with Crippen LogP contribution in [-0.4, -0.2) is 36.1 Å². The Hall–Kier alpha value is -2.31. The second-order valence-corrected chi connectivity index (χ2v) is 6.88. The van der Waals surface area contributed by atoms with Crippen molar-refractivity contribution in [2.75, 3.05) is 29.0 Å². The number of carbonyl (C=O) groups excluding carboxylic acids is 1. The molecule has 0 aliphatic carbocycles. The number of nitrogens with one attached hydrogen (secondary N) is 2. The number of hydrogen-bond donors (Lipinski definition) is 3. The van der Waals surface area contributed by atoms with Crippen molar-refractivity contribution in [2.24, 2.45) is 0 Å². The van der Waals surface area contributed by atoms with Crippen molar-refractivity contribution >= 4 is 34.7 Å². The fraction of sp³-hybridized carbons (Fsp3) is 0.333. The summed E-state index contributed by atoms with van der Waals surface area (Å²) in [5.41, 5.74) is 7.27. The molecule has 0 spiro atoms. The number of anilines is 3. The van der Waals surface area contributed by atoms with Gasteiger partial charge in [-0.15, -0.1) is 0 Å². The summed E-state index contributed by atoms with van der Waals surface area (Å²) in [6.45, 7) is 6.10. The second kappa shape index (κ2) is 7.29. The summed E-state index contributed by atoms with van der Waals surface area (Å²) in [5.74, 6) is 0.648. The van der Waals surface area contributed by atoms with Crippen molar-refractivity contribution in [3.05, 3.63) is 47.1 Å². The number of nitrogen functional groups attached to an aromatic ring is 1. The van der Waals surface area contributed by atoms with Crippen LogP contribution in [-0.2, 0) is 0 Å². The van der Waals surface area contributed by atoms with Gasteiger partial charge in [0, 0.05) is 37.1 Å². The van der Waals surface area contributed by atoms with E-state index in [0.717, 1.165) is 18.9 Å². The van der Waals surface area contributed by atoms with Crippen LogP contribution in [0.2, 0.25) is 5.02 Å². The number of hydrogen-bond acceptors (Lipinski definition) is 5. The van der Waals surface area contributed by atoms with Crippen LogP contribution in [0.3, 0.4) is 0 Å². The monoisotopic (exact) mass is 359 g/mol. The quantitative estimate of drug-likeness (QED) is 0.734. The number of nitrogens with zero attached hydrogens (tertiary/aromatic N) is 2. The molecule has 1 aliphatic heterocycles. The molecule has 1 aliphatic rings. The molecule has 0 unspecified atom stereocenters. The molecule has 0 radical (unpaired) electrons. The van der Waals surface area contributed by atoms with Crippen LogP contribution in [0, 0.1) is 0 Å². The molecule has 2 atom stereocenters. The highest BCUT2D eigenvalue weighted by atomic mass is 35.5. The smallest absolute Gasteiger partial charge is 0.257 e. The molecule has 2 aromatic rings. The topological polar surface area (TPSA) is 83.3 Å². The number of piperazine rings is 1. The van der Waals surface area contributed by atoms with Crippen molar-refractivity contribution in [3.8, 4) is 0 Å². The van der Waals surface area contributed by atoms with Crippen LogP contribution in [0.25, 0.3) is 0 Å². The van der Waals surface area contributed by atoms with E-state index < -0.39 is 0 Å². The predicted octanol–water partition coefficient (Wildman–Crippen LogP) is 2.76. The van der Waals surface area contributed by atoms with Gasteiger partial charge in [-0.2, -0.15) is 0 Å².